The summed E-state index contributed by atoms with van der Waals surface area (Å²) in [5.74, 6) is 0.379. The summed E-state index contributed by atoms with van der Waals surface area (Å²) in [5.41, 5.74) is 6.40. The molecule has 2 rings (SSSR count). The van der Waals surface area contributed by atoms with Crippen LogP contribution in [-0.4, -0.2) is 32.4 Å². The van der Waals surface area contributed by atoms with Crippen molar-refractivity contribution in [1.29, 1.82) is 0 Å². The second kappa shape index (κ2) is 6.11. The maximum Gasteiger partial charge on any atom is 0.247 e. The first kappa shape index (κ1) is 15.3. The predicted octanol–water partition coefficient (Wildman–Crippen LogP) is 1.72. The van der Waals surface area contributed by atoms with E-state index in [0.29, 0.717) is 18.8 Å². The summed E-state index contributed by atoms with van der Waals surface area (Å²) in [5, 5.41) is 0. The number of hydrogen-bond donors (Lipinski definition) is 1. The van der Waals surface area contributed by atoms with Crippen LogP contribution >= 0.6 is 0 Å². The van der Waals surface area contributed by atoms with Crippen LogP contribution in [0.2, 0.25) is 0 Å². The standard InChI is InChI=1S/C14H22N2O3S/c1-3-8-16(12-5-6-12)20(17,18)14-9-11(10-15)4-7-13(14)19-2/h4,7,9,12H,3,5-6,8,10,15H2,1-2H3. The third kappa shape index (κ3) is 2.97. The molecule has 0 aliphatic heterocycles. The quantitative estimate of drug-likeness (QED) is 0.832. The van der Waals surface area contributed by atoms with Crippen molar-refractivity contribution in [2.24, 2.45) is 5.73 Å². The van der Waals surface area contributed by atoms with E-state index in [1.54, 1.807) is 22.5 Å². The molecule has 0 unspecified atom stereocenters. The Kier molecular flexibility index (Phi) is 4.67. The number of sulfonamides is 1. The van der Waals surface area contributed by atoms with Gasteiger partial charge >= 0.3 is 0 Å². The van der Waals surface area contributed by atoms with Gasteiger partial charge in [-0.3, -0.25) is 0 Å². The minimum absolute atomic E-state index is 0.145. The molecule has 20 heavy (non-hydrogen) atoms. The van der Waals surface area contributed by atoms with Crippen molar-refractivity contribution in [1.82, 2.24) is 4.31 Å². The summed E-state index contributed by atoms with van der Waals surface area (Å²) in [6, 6.07) is 5.23. The largest absolute Gasteiger partial charge is 0.495 e. The van der Waals surface area contributed by atoms with Crippen LogP contribution in [0.25, 0.3) is 0 Å². The molecular formula is C14H22N2O3S. The highest BCUT2D eigenvalue weighted by Gasteiger charge is 2.38. The zero-order valence-corrected chi connectivity index (χ0v) is 12.8. The second-order valence-corrected chi connectivity index (χ2v) is 6.90. The molecule has 5 nitrogen and oxygen atoms in total. The first-order chi connectivity index (χ1) is 9.54. The summed E-state index contributed by atoms with van der Waals surface area (Å²) in [7, 11) is -2.04. The van der Waals surface area contributed by atoms with E-state index in [-0.39, 0.29) is 10.9 Å². The molecule has 6 heteroatoms. The van der Waals surface area contributed by atoms with E-state index in [4.69, 9.17) is 10.5 Å². The maximum atomic E-state index is 12.9. The molecule has 1 aromatic carbocycles. The number of methoxy groups -OCH3 is 1. The molecule has 0 atom stereocenters. The Hall–Kier alpha value is -1.11. The fourth-order valence-electron chi connectivity index (χ4n) is 2.26. The third-order valence-electron chi connectivity index (χ3n) is 3.45. The Balaban J connectivity index is 2.45. The fourth-order valence-corrected chi connectivity index (χ4v) is 4.24. The van der Waals surface area contributed by atoms with Crippen LogP contribution in [-0.2, 0) is 16.6 Å². The second-order valence-electron chi connectivity index (χ2n) is 5.04. The monoisotopic (exact) mass is 298 g/mol. The molecule has 2 N–H and O–H groups in total. The lowest BCUT2D eigenvalue weighted by Crippen LogP contribution is -2.34. The highest BCUT2D eigenvalue weighted by molar-refractivity contribution is 7.89. The molecule has 1 fully saturated rings. The summed E-state index contributed by atoms with van der Waals surface area (Å²) >= 11 is 0. The number of hydrogen-bond acceptors (Lipinski definition) is 4. The van der Waals surface area contributed by atoms with Gasteiger partial charge in [0.1, 0.15) is 10.6 Å². The summed E-state index contributed by atoms with van der Waals surface area (Å²) in [6.07, 6.45) is 2.69. The third-order valence-corrected chi connectivity index (χ3v) is 5.42. The van der Waals surface area contributed by atoms with Crippen LogP contribution in [0, 0.1) is 0 Å². The van der Waals surface area contributed by atoms with Crippen molar-refractivity contribution in [3.05, 3.63) is 23.8 Å². The van der Waals surface area contributed by atoms with Crippen molar-refractivity contribution in [3.8, 4) is 5.75 Å². The number of nitrogens with two attached hydrogens (primary N) is 1. The average molecular weight is 298 g/mol. The Morgan fingerprint density at radius 2 is 2.10 bits per heavy atom. The van der Waals surface area contributed by atoms with E-state index in [1.165, 1.54) is 7.11 Å². The molecule has 1 saturated carbocycles. The average Bonchev–Trinajstić information content (AvgIpc) is 3.28. The molecule has 0 saturated heterocycles. The van der Waals surface area contributed by atoms with Crippen LogP contribution < -0.4 is 10.5 Å². The Morgan fingerprint density at radius 1 is 1.40 bits per heavy atom. The maximum absolute atomic E-state index is 12.9. The molecule has 0 radical (unpaired) electrons. The van der Waals surface area contributed by atoms with E-state index < -0.39 is 10.0 Å². The van der Waals surface area contributed by atoms with Gasteiger partial charge in [0.2, 0.25) is 10.0 Å². The van der Waals surface area contributed by atoms with E-state index in [0.717, 1.165) is 24.8 Å². The van der Waals surface area contributed by atoms with Gasteiger partial charge in [-0.25, -0.2) is 8.42 Å². The van der Waals surface area contributed by atoms with Gasteiger partial charge in [-0.05, 0) is 37.0 Å². The van der Waals surface area contributed by atoms with E-state index in [9.17, 15) is 8.42 Å². The molecule has 0 aromatic heterocycles. The highest BCUT2D eigenvalue weighted by Crippen LogP contribution is 2.35. The number of ether oxygens (including phenoxy) is 1. The van der Waals surface area contributed by atoms with Crippen LogP contribution in [0.3, 0.4) is 0 Å². The van der Waals surface area contributed by atoms with Crippen molar-refractivity contribution in [2.75, 3.05) is 13.7 Å². The normalized spacial score (nSPS) is 15.6. The van der Waals surface area contributed by atoms with Crippen molar-refractivity contribution in [2.45, 2.75) is 43.7 Å². The lowest BCUT2D eigenvalue weighted by atomic mass is 10.2. The molecule has 1 aliphatic rings. The Morgan fingerprint density at radius 3 is 2.60 bits per heavy atom. The van der Waals surface area contributed by atoms with Gasteiger partial charge < -0.3 is 10.5 Å². The topological polar surface area (TPSA) is 72.6 Å². The van der Waals surface area contributed by atoms with E-state index in [1.807, 2.05) is 6.92 Å². The lowest BCUT2D eigenvalue weighted by molar-refractivity contribution is 0.384. The van der Waals surface area contributed by atoms with Gasteiger partial charge in [-0.15, -0.1) is 0 Å². The zero-order chi connectivity index (χ0) is 14.8. The molecule has 0 amide bonds. The fraction of sp³-hybridized carbons (Fsp3) is 0.571. The van der Waals surface area contributed by atoms with Gasteiger partial charge in [-0.2, -0.15) is 4.31 Å². The van der Waals surface area contributed by atoms with Gasteiger partial charge in [0.25, 0.3) is 0 Å². The van der Waals surface area contributed by atoms with E-state index >= 15 is 0 Å². The van der Waals surface area contributed by atoms with Crippen molar-refractivity contribution in [3.63, 3.8) is 0 Å². The lowest BCUT2D eigenvalue weighted by Gasteiger charge is -2.22. The van der Waals surface area contributed by atoms with E-state index in [2.05, 4.69) is 0 Å². The SMILES string of the molecule is CCCN(C1CC1)S(=O)(=O)c1cc(CN)ccc1OC. The molecule has 0 heterocycles. The minimum Gasteiger partial charge on any atom is -0.495 e. The van der Waals surface area contributed by atoms with Crippen LogP contribution in [0.1, 0.15) is 31.7 Å². The molecule has 112 valence electrons. The molecular weight excluding hydrogens is 276 g/mol. The van der Waals surface area contributed by atoms with Gasteiger partial charge in [0.15, 0.2) is 0 Å². The predicted molar refractivity (Wildman–Crippen MR) is 78.1 cm³/mol. The first-order valence-electron chi connectivity index (χ1n) is 6.93. The summed E-state index contributed by atoms with van der Waals surface area (Å²) in [4.78, 5) is 0.225. The van der Waals surface area contributed by atoms with Gasteiger partial charge in [0, 0.05) is 19.1 Å². The first-order valence-corrected chi connectivity index (χ1v) is 8.37. The molecule has 0 spiro atoms. The summed E-state index contributed by atoms with van der Waals surface area (Å²) < 4.78 is 32.5. The highest BCUT2D eigenvalue weighted by atomic mass is 32.2. The van der Waals surface area contributed by atoms with Crippen LogP contribution in [0.5, 0.6) is 5.75 Å². The molecule has 1 aromatic rings. The molecule has 0 bridgehead atoms. The minimum atomic E-state index is -3.52. The zero-order valence-electron chi connectivity index (χ0n) is 12.0. The Labute approximate surface area is 120 Å². The Bertz CT molecular complexity index is 568. The molecule has 1 aliphatic carbocycles. The van der Waals surface area contributed by atoms with Crippen molar-refractivity contribution >= 4 is 10.0 Å². The summed E-state index contributed by atoms with van der Waals surface area (Å²) in [6.45, 7) is 2.84. The smallest absolute Gasteiger partial charge is 0.247 e. The van der Waals surface area contributed by atoms with Gasteiger partial charge in [0.05, 0.1) is 7.11 Å². The van der Waals surface area contributed by atoms with Crippen molar-refractivity contribution < 1.29 is 13.2 Å². The van der Waals surface area contributed by atoms with Crippen LogP contribution in [0.4, 0.5) is 0 Å². The number of rotatable bonds is 7. The van der Waals surface area contributed by atoms with Crippen LogP contribution in [0.15, 0.2) is 23.1 Å². The number of nitrogens with zero attached hydrogens (tertiary/aromatic N) is 1. The van der Waals surface area contributed by atoms with Gasteiger partial charge in [-0.1, -0.05) is 13.0 Å². The number of benzene rings is 1.